The van der Waals surface area contributed by atoms with Gasteiger partial charge in [0.1, 0.15) is 12.2 Å². The standard InChI is InChI=1S/C18H27N3O6/c1-5-18(6-2)15(26-12(3)25-11-7-9-19)14(24-4)16(27-18)21-10-8-13(22)20-17(21)23/h8,10,12,14-16H,5-7,11H2,1-4H3,(H,20,22,23)/t12?,14?,15-,16-/m1/s1. The zero-order valence-electron chi connectivity index (χ0n) is 16.1. The average Bonchev–Trinajstić information content (AvgIpc) is 2.95. The normalized spacial score (nSPS) is 25.2. The van der Waals surface area contributed by atoms with Gasteiger partial charge in [-0.05, 0) is 19.8 Å². The van der Waals surface area contributed by atoms with Gasteiger partial charge in [-0.1, -0.05) is 13.8 Å². The molecule has 0 aliphatic carbocycles. The fourth-order valence-corrected chi connectivity index (χ4v) is 3.44. The maximum Gasteiger partial charge on any atom is 0.330 e. The Kier molecular flexibility index (Phi) is 7.33. The zero-order valence-corrected chi connectivity index (χ0v) is 16.1. The fraction of sp³-hybridized carbons (Fsp3) is 0.722. The molecule has 2 unspecified atom stereocenters. The fourth-order valence-electron chi connectivity index (χ4n) is 3.44. The largest absolute Gasteiger partial charge is 0.374 e. The van der Waals surface area contributed by atoms with Gasteiger partial charge in [0, 0.05) is 19.4 Å². The number of nitrogens with one attached hydrogen (secondary N) is 1. The molecule has 0 radical (unpaired) electrons. The number of H-pyrrole nitrogens is 1. The molecule has 0 amide bonds. The van der Waals surface area contributed by atoms with Gasteiger partial charge in [0.25, 0.3) is 5.56 Å². The molecular formula is C18H27N3O6. The minimum Gasteiger partial charge on any atom is -0.374 e. The Morgan fingerprint density at radius 1 is 1.41 bits per heavy atom. The van der Waals surface area contributed by atoms with Crippen molar-refractivity contribution >= 4 is 0 Å². The first-order chi connectivity index (χ1) is 12.9. The van der Waals surface area contributed by atoms with Crippen LogP contribution in [0.25, 0.3) is 0 Å². The van der Waals surface area contributed by atoms with E-state index in [9.17, 15) is 9.59 Å². The lowest BCUT2D eigenvalue weighted by Gasteiger charge is -2.34. The summed E-state index contributed by atoms with van der Waals surface area (Å²) in [6, 6.07) is 3.28. The Labute approximate surface area is 157 Å². The van der Waals surface area contributed by atoms with E-state index in [1.165, 1.54) is 23.9 Å². The van der Waals surface area contributed by atoms with Gasteiger partial charge in [-0.25, -0.2) is 4.79 Å². The van der Waals surface area contributed by atoms with E-state index in [1.54, 1.807) is 6.92 Å². The molecule has 27 heavy (non-hydrogen) atoms. The molecule has 2 rings (SSSR count). The van der Waals surface area contributed by atoms with E-state index in [-0.39, 0.29) is 13.0 Å². The zero-order chi connectivity index (χ0) is 20.0. The van der Waals surface area contributed by atoms with Crippen LogP contribution in [-0.4, -0.2) is 47.4 Å². The number of hydrogen-bond acceptors (Lipinski definition) is 7. The molecule has 9 nitrogen and oxygen atoms in total. The summed E-state index contributed by atoms with van der Waals surface area (Å²) in [5.74, 6) is 0. The van der Waals surface area contributed by atoms with E-state index in [0.29, 0.717) is 12.8 Å². The van der Waals surface area contributed by atoms with E-state index >= 15 is 0 Å². The molecule has 0 saturated carbocycles. The van der Waals surface area contributed by atoms with Crippen molar-refractivity contribution in [3.05, 3.63) is 33.1 Å². The molecule has 2 heterocycles. The number of ether oxygens (including phenoxy) is 4. The first-order valence-corrected chi connectivity index (χ1v) is 9.08. The van der Waals surface area contributed by atoms with Crippen LogP contribution in [0.1, 0.15) is 46.3 Å². The number of aromatic nitrogens is 2. The van der Waals surface area contributed by atoms with Crippen molar-refractivity contribution in [2.24, 2.45) is 0 Å². The molecular weight excluding hydrogens is 354 g/mol. The number of nitriles is 1. The first-order valence-electron chi connectivity index (χ1n) is 9.08. The Morgan fingerprint density at radius 3 is 2.67 bits per heavy atom. The quantitative estimate of drug-likeness (QED) is 0.506. The Balaban J connectivity index is 2.33. The predicted octanol–water partition coefficient (Wildman–Crippen LogP) is 1.30. The summed E-state index contributed by atoms with van der Waals surface area (Å²) in [5, 5.41) is 8.64. The highest BCUT2D eigenvalue weighted by molar-refractivity contribution is 5.02. The van der Waals surface area contributed by atoms with Crippen molar-refractivity contribution in [3.63, 3.8) is 0 Å². The van der Waals surface area contributed by atoms with E-state index < -0.39 is 41.6 Å². The van der Waals surface area contributed by atoms with Crippen LogP contribution in [0.15, 0.2) is 21.9 Å². The molecule has 0 bridgehead atoms. The SMILES string of the molecule is CCC1(CC)O[C@@H](n2ccc(=O)[nH]c2=O)C(OC)[C@H]1OC(C)OCCC#N. The number of methoxy groups -OCH3 is 1. The van der Waals surface area contributed by atoms with Crippen molar-refractivity contribution in [2.45, 2.75) is 70.4 Å². The lowest BCUT2D eigenvalue weighted by atomic mass is 9.89. The Bertz CT molecular complexity index is 763. The molecule has 9 heteroatoms. The minimum absolute atomic E-state index is 0.261. The average molecular weight is 381 g/mol. The maximum atomic E-state index is 12.3. The van der Waals surface area contributed by atoms with Crippen LogP contribution in [0.4, 0.5) is 0 Å². The van der Waals surface area contributed by atoms with Gasteiger partial charge in [0.05, 0.1) is 24.7 Å². The lowest BCUT2D eigenvalue weighted by Crippen LogP contribution is -2.47. The maximum absolute atomic E-state index is 12.3. The smallest absolute Gasteiger partial charge is 0.330 e. The molecule has 1 saturated heterocycles. The number of hydrogen-bond donors (Lipinski definition) is 1. The predicted molar refractivity (Wildman–Crippen MR) is 96.1 cm³/mol. The van der Waals surface area contributed by atoms with Gasteiger partial charge in [-0.2, -0.15) is 5.26 Å². The van der Waals surface area contributed by atoms with Crippen molar-refractivity contribution in [2.75, 3.05) is 13.7 Å². The van der Waals surface area contributed by atoms with Gasteiger partial charge < -0.3 is 18.9 Å². The third-order valence-corrected chi connectivity index (χ3v) is 4.95. The molecule has 1 aliphatic rings. The summed E-state index contributed by atoms with van der Waals surface area (Å²) in [5.41, 5.74) is -1.74. The summed E-state index contributed by atoms with van der Waals surface area (Å²) in [4.78, 5) is 25.9. The second-order valence-corrected chi connectivity index (χ2v) is 6.40. The summed E-state index contributed by atoms with van der Waals surface area (Å²) in [7, 11) is 1.52. The number of rotatable bonds is 9. The second kappa shape index (κ2) is 9.28. The van der Waals surface area contributed by atoms with Crippen molar-refractivity contribution in [3.8, 4) is 6.07 Å². The van der Waals surface area contributed by atoms with Gasteiger partial charge in [-0.3, -0.25) is 14.3 Å². The molecule has 1 aliphatic heterocycles. The molecule has 1 aromatic rings. The third kappa shape index (κ3) is 4.47. The van der Waals surface area contributed by atoms with Crippen LogP contribution >= 0.6 is 0 Å². The molecule has 0 spiro atoms. The van der Waals surface area contributed by atoms with Crippen molar-refractivity contribution in [1.29, 1.82) is 5.26 Å². The van der Waals surface area contributed by atoms with E-state index in [4.69, 9.17) is 24.2 Å². The van der Waals surface area contributed by atoms with Crippen LogP contribution in [0, 0.1) is 11.3 Å². The summed E-state index contributed by atoms with van der Waals surface area (Å²) in [6.45, 7) is 5.97. The molecule has 150 valence electrons. The van der Waals surface area contributed by atoms with Crippen LogP contribution in [0.2, 0.25) is 0 Å². The monoisotopic (exact) mass is 381 g/mol. The molecule has 0 aromatic carbocycles. The van der Waals surface area contributed by atoms with Gasteiger partial charge >= 0.3 is 5.69 Å². The van der Waals surface area contributed by atoms with Crippen LogP contribution in [-0.2, 0) is 18.9 Å². The highest BCUT2D eigenvalue weighted by Crippen LogP contribution is 2.44. The lowest BCUT2D eigenvalue weighted by molar-refractivity contribution is -0.207. The molecule has 4 atom stereocenters. The van der Waals surface area contributed by atoms with Crippen molar-refractivity contribution in [1.82, 2.24) is 9.55 Å². The van der Waals surface area contributed by atoms with E-state index in [0.717, 1.165) is 0 Å². The van der Waals surface area contributed by atoms with Gasteiger partial charge in [0.15, 0.2) is 12.5 Å². The first kappa shape index (κ1) is 21.3. The second-order valence-electron chi connectivity index (χ2n) is 6.40. The van der Waals surface area contributed by atoms with Gasteiger partial charge in [0.2, 0.25) is 0 Å². The Morgan fingerprint density at radius 2 is 2.11 bits per heavy atom. The van der Waals surface area contributed by atoms with Crippen LogP contribution in [0.5, 0.6) is 0 Å². The number of nitrogens with zero attached hydrogens (tertiary/aromatic N) is 2. The summed E-state index contributed by atoms with van der Waals surface area (Å²) < 4.78 is 24.9. The summed E-state index contributed by atoms with van der Waals surface area (Å²) >= 11 is 0. The van der Waals surface area contributed by atoms with E-state index in [1.807, 2.05) is 19.9 Å². The molecule has 1 N–H and O–H groups in total. The number of aromatic amines is 1. The third-order valence-electron chi connectivity index (χ3n) is 4.95. The highest BCUT2D eigenvalue weighted by Gasteiger charge is 2.56. The topological polar surface area (TPSA) is 116 Å². The Hall–Kier alpha value is -1.99. The van der Waals surface area contributed by atoms with Crippen LogP contribution in [0.3, 0.4) is 0 Å². The molecule has 1 fully saturated rings. The van der Waals surface area contributed by atoms with Crippen molar-refractivity contribution < 1.29 is 18.9 Å². The van der Waals surface area contributed by atoms with Gasteiger partial charge in [-0.15, -0.1) is 0 Å². The highest BCUT2D eigenvalue weighted by atomic mass is 16.7. The summed E-state index contributed by atoms with van der Waals surface area (Å²) in [6.07, 6.45) is 0.507. The molecule has 1 aromatic heterocycles. The minimum atomic E-state index is -0.754. The van der Waals surface area contributed by atoms with E-state index in [2.05, 4.69) is 4.98 Å². The van der Waals surface area contributed by atoms with Crippen LogP contribution < -0.4 is 11.2 Å².